The maximum Gasteiger partial charge on any atom is 0.191 e. The fraction of sp³-hybridized carbons (Fsp3) is 0.533. The molecule has 0 radical (unpaired) electrons. The van der Waals surface area contributed by atoms with E-state index >= 15 is 0 Å². The minimum Gasteiger partial charge on any atom is -0.477 e. The zero-order valence-corrected chi connectivity index (χ0v) is 11.8. The molecule has 0 N–H and O–H groups in total. The lowest BCUT2D eigenvalue weighted by Gasteiger charge is -2.24. The van der Waals surface area contributed by atoms with Gasteiger partial charge in [-0.2, -0.15) is 0 Å². The summed E-state index contributed by atoms with van der Waals surface area (Å²) in [6, 6.07) is 8.22. The Balaban J connectivity index is 2.08. The van der Waals surface area contributed by atoms with Gasteiger partial charge in [0.05, 0.1) is 6.61 Å². The summed E-state index contributed by atoms with van der Waals surface area (Å²) in [7, 11) is 0. The normalized spacial score (nSPS) is 19.8. The molecule has 2 rings (SSSR count). The van der Waals surface area contributed by atoms with Crippen LogP contribution in [0, 0.1) is 0 Å². The largest absolute Gasteiger partial charge is 0.477 e. The highest BCUT2D eigenvalue weighted by molar-refractivity contribution is 7.80. The highest BCUT2D eigenvalue weighted by Crippen LogP contribution is 2.22. The summed E-state index contributed by atoms with van der Waals surface area (Å²) in [5.74, 6) is 0.449. The first kappa shape index (κ1) is 13.5. The monoisotopic (exact) mass is 264 g/mol. The van der Waals surface area contributed by atoms with Crippen LogP contribution in [0.1, 0.15) is 43.7 Å². The molecule has 1 saturated heterocycles. The van der Waals surface area contributed by atoms with Gasteiger partial charge in [0.25, 0.3) is 0 Å². The van der Waals surface area contributed by atoms with Crippen molar-refractivity contribution in [2.45, 2.75) is 38.7 Å². The highest BCUT2D eigenvalue weighted by atomic mass is 32.1. The van der Waals surface area contributed by atoms with Crippen molar-refractivity contribution in [1.82, 2.24) is 0 Å². The molecule has 1 unspecified atom stereocenters. The van der Waals surface area contributed by atoms with Gasteiger partial charge in [0, 0.05) is 12.2 Å². The van der Waals surface area contributed by atoms with Gasteiger partial charge in [-0.05, 0) is 36.5 Å². The molecule has 0 spiro atoms. The SMILES string of the molecule is CC(C)c1ccccc1C(=S)OC1CCCOC1. The minimum absolute atomic E-state index is 0.117. The van der Waals surface area contributed by atoms with Gasteiger partial charge in [-0.1, -0.05) is 38.1 Å². The van der Waals surface area contributed by atoms with Gasteiger partial charge in [0.2, 0.25) is 0 Å². The van der Waals surface area contributed by atoms with Gasteiger partial charge in [0.15, 0.2) is 5.05 Å². The van der Waals surface area contributed by atoms with Crippen LogP contribution in [-0.4, -0.2) is 24.4 Å². The number of ether oxygens (including phenoxy) is 2. The third-order valence-corrected chi connectivity index (χ3v) is 3.51. The van der Waals surface area contributed by atoms with Gasteiger partial charge >= 0.3 is 0 Å². The first-order chi connectivity index (χ1) is 8.68. The van der Waals surface area contributed by atoms with Crippen molar-refractivity contribution in [3.8, 4) is 0 Å². The van der Waals surface area contributed by atoms with Crippen LogP contribution >= 0.6 is 12.2 Å². The molecule has 3 heteroatoms. The average molecular weight is 264 g/mol. The first-order valence-corrected chi connectivity index (χ1v) is 6.97. The molecule has 2 nitrogen and oxygen atoms in total. The molecule has 98 valence electrons. The van der Waals surface area contributed by atoms with E-state index in [1.54, 1.807) is 0 Å². The van der Waals surface area contributed by atoms with E-state index < -0.39 is 0 Å². The van der Waals surface area contributed by atoms with Gasteiger partial charge in [-0.25, -0.2) is 0 Å². The van der Waals surface area contributed by atoms with Crippen molar-refractivity contribution in [1.29, 1.82) is 0 Å². The van der Waals surface area contributed by atoms with Crippen LogP contribution in [0.25, 0.3) is 0 Å². The fourth-order valence-electron chi connectivity index (χ4n) is 2.21. The highest BCUT2D eigenvalue weighted by Gasteiger charge is 2.19. The van der Waals surface area contributed by atoms with Crippen molar-refractivity contribution in [2.75, 3.05) is 13.2 Å². The van der Waals surface area contributed by atoms with E-state index in [1.165, 1.54) is 5.56 Å². The molecule has 1 aromatic rings. The predicted molar refractivity (Wildman–Crippen MR) is 77.2 cm³/mol. The lowest BCUT2D eigenvalue weighted by molar-refractivity contribution is 0.00352. The molecular weight excluding hydrogens is 244 g/mol. The Labute approximate surface area is 114 Å². The second-order valence-electron chi connectivity index (χ2n) is 4.99. The molecule has 0 aliphatic carbocycles. The maximum atomic E-state index is 5.87. The zero-order valence-electron chi connectivity index (χ0n) is 11.0. The van der Waals surface area contributed by atoms with E-state index in [0.29, 0.717) is 17.6 Å². The van der Waals surface area contributed by atoms with E-state index in [2.05, 4.69) is 19.9 Å². The summed E-state index contributed by atoms with van der Waals surface area (Å²) >= 11 is 5.43. The Morgan fingerprint density at radius 2 is 2.17 bits per heavy atom. The first-order valence-electron chi connectivity index (χ1n) is 6.56. The summed E-state index contributed by atoms with van der Waals surface area (Å²) in [6.07, 6.45) is 2.20. The summed E-state index contributed by atoms with van der Waals surface area (Å²) in [5, 5.41) is 0.606. The van der Waals surface area contributed by atoms with E-state index in [0.717, 1.165) is 25.0 Å². The van der Waals surface area contributed by atoms with Crippen LogP contribution < -0.4 is 0 Å². The van der Waals surface area contributed by atoms with Crippen LogP contribution in [-0.2, 0) is 9.47 Å². The molecule has 0 amide bonds. The molecule has 18 heavy (non-hydrogen) atoms. The predicted octanol–water partition coefficient (Wildman–Crippen LogP) is 3.68. The molecule has 1 aliphatic heterocycles. The Hall–Kier alpha value is -0.930. The van der Waals surface area contributed by atoms with Gasteiger partial charge in [-0.3, -0.25) is 0 Å². The van der Waals surface area contributed by atoms with Crippen molar-refractivity contribution >= 4 is 17.3 Å². The maximum absolute atomic E-state index is 5.87. The van der Waals surface area contributed by atoms with Crippen LogP contribution in [0.3, 0.4) is 0 Å². The Morgan fingerprint density at radius 1 is 1.39 bits per heavy atom. The van der Waals surface area contributed by atoms with Crippen LogP contribution in [0.15, 0.2) is 24.3 Å². The quantitative estimate of drug-likeness (QED) is 0.776. The summed E-state index contributed by atoms with van der Waals surface area (Å²) in [5.41, 5.74) is 2.30. The third-order valence-electron chi connectivity index (χ3n) is 3.19. The van der Waals surface area contributed by atoms with Crippen LogP contribution in [0.2, 0.25) is 0 Å². The molecule has 1 aliphatic rings. The molecule has 0 saturated carbocycles. The lowest BCUT2D eigenvalue weighted by Crippen LogP contribution is -2.28. The standard InChI is InChI=1S/C15H20O2S/c1-11(2)13-7-3-4-8-14(13)15(18)17-12-6-5-9-16-10-12/h3-4,7-8,11-12H,5-6,9-10H2,1-2H3. The summed E-state index contributed by atoms with van der Waals surface area (Å²) < 4.78 is 11.3. The molecule has 1 heterocycles. The molecule has 1 aromatic carbocycles. The molecule has 1 atom stereocenters. The topological polar surface area (TPSA) is 18.5 Å². The van der Waals surface area contributed by atoms with E-state index in [4.69, 9.17) is 21.7 Å². The van der Waals surface area contributed by atoms with Crippen LogP contribution in [0.4, 0.5) is 0 Å². The molecular formula is C15H20O2S. The van der Waals surface area contributed by atoms with Gasteiger partial charge in [0.1, 0.15) is 6.10 Å². The van der Waals surface area contributed by atoms with Gasteiger partial charge in [-0.15, -0.1) is 0 Å². The van der Waals surface area contributed by atoms with Crippen molar-refractivity contribution in [3.63, 3.8) is 0 Å². The Morgan fingerprint density at radius 3 is 2.83 bits per heavy atom. The van der Waals surface area contributed by atoms with E-state index in [9.17, 15) is 0 Å². The lowest BCUT2D eigenvalue weighted by atomic mass is 9.98. The van der Waals surface area contributed by atoms with E-state index in [1.807, 2.05) is 18.2 Å². The van der Waals surface area contributed by atoms with Crippen molar-refractivity contribution < 1.29 is 9.47 Å². The average Bonchev–Trinajstić information content (AvgIpc) is 2.40. The second kappa shape index (κ2) is 6.30. The zero-order chi connectivity index (χ0) is 13.0. The molecule has 0 aromatic heterocycles. The Kier molecular flexibility index (Phi) is 4.72. The smallest absolute Gasteiger partial charge is 0.191 e. The number of hydrogen-bond acceptors (Lipinski definition) is 3. The summed E-state index contributed by atoms with van der Waals surface area (Å²) in [6.45, 7) is 5.84. The number of benzene rings is 1. The van der Waals surface area contributed by atoms with Crippen molar-refractivity contribution in [2.24, 2.45) is 0 Å². The van der Waals surface area contributed by atoms with E-state index in [-0.39, 0.29) is 6.10 Å². The Bertz CT molecular complexity index is 409. The second-order valence-corrected chi connectivity index (χ2v) is 5.36. The fourth-order valence-corrected chi connectivity index (χ4v) is 2.53. The third kappa shape index (κ3) is 3.30. The number of hydrogen-bond donors (Lipinski definition) is 0. The van der Waals surface area contributed by atoms with Crippen molar-refractivity contribution in [3.05, 3.63) is 35.4 Å². The molecule has 1 fully saturated rings. The van der Waals surface area contributed by atoms with Crippen LogP contribution in [0.5, 0.6) is 0 Å². The molecule has 0 bridgehead atoms. The number of rotatable bonds is 3. The summed E-state index contributed by atoms with van der Waals surface area (Å²) in [4.78, 5) is 0. The van der Waals surface area contributed by atoms with Gasteiger partial charge < -0.3 is 9.47 Å². The number of thiocarbonyl (C=S) groups is 1. The minimum atomic E-state index is 0.117.